The molecule has 2 N–H and O–H groups in total. The van der Waals surface area contributed by atoms with E-state index in [0.717, 1.165) is 0 Å². The number of likely N-dealkylation sites (tertiary alicyclic amines) is 1. The van der Waals surface area contributed by atoms with Gasteiger partial charge in [0.1, 0.15) is 0 Å². The molecule has 0 aliphatic carbocycles. The number of carboxylic acid groups (broad SMARTS) is 1. The van der Waals surface area contributed by atoms with Crippen LogP contribution < -0.4 is 5.32 Å². The van der Waals surface area contributed by atoms with Crippen LogP contribution in [0, 0.1) is 5.92 Å². The number of benzene rings is 1. The number of anilines is 1. The fourth-order valence-corrected chi connectivity index (χ4v) is 3.19. The van der Waals surface area contributed by atoms with Gasteiger partial charge in [-0.15, -0.1) is 0 Å². The van der Waals surface area contributed by atoms with Crippen LogP contribution in [0.2, 0.25) is 10.0 Å². The molecule has 2 atom stereocenters. The quantitative estimate of drug-likeness (QED) is 0.741. The molecule has 1 aromatic rings. The van der Waals surface area contributed by atoms with Crippen molar-refractivity contribution >= 4 is 56.8 Å². The van der Waals surface area contributed by atoms with Gasteiger partial charge in [0.25, 0.3) is 0 Å². The van der Waals surface area contributed by atoms with Gasteiger partial charge in [-0.25, -0.2) is 4.79 Å². The van der Waals surface area contributed by atoms with E-state index in [0.29, 0.717) is 28.1 Å². The molecule has 114 valence electrons. The Morgan fingerprint density at radius 3 is 2.62 bits per heavy atom. The van der Waals surface area contributed by atoms with Crippen LogP contribution in [0.15, 0.2) is 16.6 Å². The first-order valence-electron chi connectivity index (χ1n) is 6.27. The first-order valence-corrected chi connectivity index (χ1v) is 7.81. The molecule has 0 aromatic heterocycles. The lowest BCUT2D eigenvalue weighted by molar-refractivity contribution is -0.142. The Hall–Kier alpha value is -0.980. The number of halogens is 3. The van der Waals surface area contributed by atoms with E-state index in [2.05, 4.69) is 21.2 Å². The molecule has 0 spiro atoms. The standard InChI is InChI=1S/C13H13BrCl2N2O3/c1-6-7(12(19)20)4-5-18(6)13(21)17-9-3-2-8(14)10(15)11(9)16/h2-3,6-7H,4-5H2,1H3,(H,17,21)(H,19,20). The van der Waals surface area contributed by atoms with Crippen molar-refractivity contribution in [3.05, 3.63) is 26.7 Å². The zero-order valence-corrected chi connectivity index (χ0v) is 14.2. The van der Waals surface area contributed by atoms with Crippen LogP contribution in [-0.4, -0.2) is 34.6 Å². The summed E-state index contributed by atoms with van der Waals surface area (Å²) in [6.45, 7) is 2.12. The van der Waals surface area contributed by atoms with Gasteiger partial charge in [0.15, 0.2) is 0 Å². The fourth-order valence-electron chi connectivity index (χ4n) is 2.37. The van der Waals surface area contributed by atoms with Crippen molar-refractivity contribution in [3.8, 4) is 0 Å². The Morgan fingerprint density at radius 2 is 2.05 bits per heavy atom. The average molecular weight is 396 g/mol. The molecular weight excluding hydrogens is 383 g/mol. The number of carbonyl (C=O) groups is 2. The van der Waals surface area contributed by atoms with Crippen molar-refractivity contribution in [2.24, 2.45) is 5.92 Å². The maximum atomic E-state index is 12.3. The van der Waals surface area contributed by atoms with E-state index in [4.69, 9.17) is 28.3 Å². The van der Waals surface area contributed by atoms with Gasteiger partial charge in [-0.1, -0.05) is 23.2 Å². The molecule has 21 heavy (non-hydrogen) atoms. The average Bonchev–Trinajstić information content (AvgIpc) is 2.81. The van der Waals surface area contributed by atoms with Crippen LogP contribution in [0.4, 0.5) is 10.5 Å². The number of rotatable bonds is 2. The van der Waals surface area contributed by atoms with Crippen molar-refractivity contribution < 1.29 is 14.7 Å². The highest BCUT2D eigenvalue weighted by atomic mass is 79.9. The lowest BCUT2D eigenvalue weighted by Gasteiger charge is -2.24. The second-order valence-electron chi connectivity index (χ2n) is 4.82. The summed E-state index contributed by atoms with van der Waals surface area (Å²) in [5.41, 5.74) is 0.390. The van der Waals surface area contributed by atoms with E-state index in [1.54, 1.807) is 19.1 Å². The minimum atomic E-state index is -0.887. The molecule has 0 radical (unpaired) electrons. The van der Waals surface area contributed by atoms with E-state index in [1.165, 1.54) is 4.90 Å². The number of urea groups is 1. The maximum absolute atomic E-state index is 12.3. The third-order valence-electron chi connectivity index (χ3n) is 3.61. The Labute approximate surface area is 140 Å². The lowest BCUT2D eigenvalue weighted by Crippen LogP contribution is -2.40. The highest BCUT2D eigenvalue weighted by molar-refractivity contribution is 9.10. The maximum Gasteiger partial charge on any atom is 0.322 e. The largest absolute Gasteiger partial charge is 0.481 e. The summed E-state index contributed by atoms with van der Waals surface area (Å²) in [7, 11) is 0. The van der Waals surface area contributed by atoms with Gasteiger partial charge in [0.05, 0.1) is 21.7 Å². The highest BCUT2D eigenvalue weighted by Crippen LogP contribution is 2.36. The Kier molecular flexibility index (Phi) is 5.01. The summed E-state index contributed by atoms with van der Waals surface area (Å²) in [5, 5.41) is 12.3. The number of aliphatic carboxylic acids is 1. The summed E-state index contributed by atoms with van der Waals surface area (Å²) in [6, 6.07) is 2.56. The van der Waals surface area contributed by atoms with Crippen molar-refractivity contribution in [1.82, 2.24) is 4.90 Å². The zero-order chi connectivity index (χ0) is 15.7. The van der Waals surface area contributed by atoms with E-state index in [-0.39, 0.29) is 17.1 Å². The molecule has 1 aliphatic rings. The first kappa shape index (κ1) is 16.4. The van der Waals surface area contributed by atoms with Gasteiger partial charge in [-0.2, -0.15) is 0 Å². The van der Waals surface area contributed by atoms with E-state index in [1.807, 2.05) is 0 Å². The number of nitrogens with zero attached hydrogens (tertiary/aromatic N) is 1. The predicted octanol–water partition coefficient (Wildman–Crippen LogP) is 4.08. The van der Waals surface area contributed by atoms with Crippen molar-refractivity contribution in [2.75, 3.05) is 11.9 Å². The van der Waals surface area contributed by atoms with Crippen molar-refractivity contribution in [1.29, 1.82) is 0 Å². The Bertz CT molecular complexity index is 597. The van der Waals surface area contributed by atoms with Crippen LogP contribution in [0.25, 0.3) is 0 Å². The van der Waals surface area contributed by atoms with Crippen molar-refractivity contribution in [2.45, 2.75) is 19.4 Å². The number of amides is 2. The molecular formula is C13H13BrCl2N2O3. The SMILES string of the molecule is CC1C(C(=O)O)CCN1C(=O)Nc1ccc(Br)c(Cl)c1Cl. The minimum absolute atomic E-state index is 0.237. The molecule has 1 aliphatic heterocycles. The Morgan fingerprint density at radius 1 is 1.38 bits per heavy atom. The monoisotopic (exact) mass is 394 g/mol. The van der Waals surface area contributed by atoms with Gasteiger partial charge in [0, 0.05) is 17.1 Å². The van der Waals surface area contributed by atoms with Gasteiger partial charge in [-0.3, -0.25) is 4.79 Å². The van der Waals surface area contributed by atoms with E-state index in [9.17, 15) is 9.59 Å². The van der Waals surface area contributed by atoms with Crippen LogP contribution >= 0.6 is 39.1 Å². The third-order valence-corrected chi connectivity index (χ3v) is 5.38. The third kappa shape index (κ3) is 3.27. The molecule has 2 unspecified atom stereocenters. The Balaban J connectivity index is 2.13. The molecule has 8 heteroatoms. The van der Waals surface area contributed by atoms with Crippen LogP contribution in [0.1, 0.15) is 13.3 Å². The van der Waals surface area contributed by atoms with Crippen LogP contribution in [0.5, 0.6) is 0 Å². The summed E-state index contributed by atoms with van der Waals surface area (Å²) in [6.07, 6.45) is 0.443. The molecule has 0 bridgehead atoms. The first-order chi connectivity index (χ1) is 9.82. The van der Waals surface area contributed by atoms with E-state index < -0.39 is 11.9 Å². The topological polar surface area (TPSA) is 69.6 Å². The number of hydrogen-bond acceptors (Lipinski definition) is 2. The van der Waals surface area contributed by atoms with Gasteiger partial charge in [0.2, 0.25) is 0 Å². The number of carboxylic acids is 1. The molecule has 2 rings (SSSR count). The molecule has 5 nitrogen and oxygen atoms in total. The zero-order valence-electron chi connectivity index (χ0n) is 11.1. The number of carbonyl (C=O) groups excluding carboxylic acids is 1. The smallest absolute Gasteiger partial charge is 0.322 e. The molecule has 1 fully saturated rings. The number of hydrogen-bond donors (Lipinski definition) is 2. The second-order valence-corrected chi connectivity index (χ2v) is 6.43. The van der Waals surface area contributed by atoms with Gasteiger partial charge < -0.3 is 15.3 Å². The predicted molar refractivity (Wildman–Crippen MR) is 85.1 cm³/mol. The lowest BCUT2D eigenvalue weighted by atomic mass is 10.0. The normalized spacial score (nSPS) is 21.4. The summed E-state index contributed by atoms with van der Waals surface area (Å²) >= 11 is 15.3. The van der Waals surface area contributed by atoms with E-state index >= 15 is 0 Å². The minimum Gasteiger partial charge on any atom is -0.481 e. The van der Waals surface area contributed by atoms with Crippen LogP contribution in [-0.2, 0) is 4.79 Å². The van der Waals surface area contributed by atoms with Gasteiger partial charge >= 0.3 is 12.0 Å². The molecule has 1 aromatic carbocycles. The summed E-state index contributed by atoms with van der Waals surface area (Å²) < 4.78 is 0.632. The second kappa shape index (κ2) is 6.42. The molecule has 1 heterocycles. The molecule has 1 saturated heterocycles. The van der Waals surface area contributed by atoms with Crippen LogP contribution in [0.3, 0.4) is 0 Å². The highest BCUT2D eigenvalue weighted by Gasteiger charge is 2.38. The number of nitrogens with one attached hydrogen (secondary N) is 1. The molecule has 2 amide bonds. The fraction of sp³-hybridized carbons (Fsp3) is 0.385. The summed E-state index contributed by atoms with van der Waals surface area (Å²) in [5.74, 6) is -1.43. The molecule has 0 saturated carbocycles. The van der Waals surface area contributed by atoms with Gasteiger partial charge in [-0.05, 0) is 41.4 Å². The summed E-state index contributed by atoms with van der Waals surface area (Å²) in [4.78, 5) is 24.8. The van der Waals surface area contributed by atoms with Crippen molar-refractivity contribution in [3.63, 3.8) is 0 Å².